The molecule has 2 aromatic carbocycles. The van der Waals surface area contributed by atoms with Gasteiger partial charge in [0.15, 0.2) is 6.10 Å². The molecular formula is C16H12ClF3O3. The molecule has 0 aliphatic heterocycles. The van der Waals surface area contributed by atoms with Gasteiger partial charge in [-0.05, 0) is 29.8 Å². The van der Waals surface area contributed by atoms with Crippen molar-refractivity contribution < 1.29 is 27.8 Å². The summed E-state index contributed by atoms with van der Waals surface area (Å²) in [6.45, 7) is 0. The van der Waals surface area contributed by atoms with Gasteiger partial charge in [-0.3, -0.25) is 0 Å². The highest BCUT2D eigenvalue weighted by Gasteiger charge is 2.31. The highest BCUT2D eigenvalue weighted by molar-refractivity contribution is 6.30. The summed E-state index contributed by atoms with van der Waals surface area (Å²) in [7, 11) is 0. The molecule has 0 aliphatic rings. The Morgan fingerprint density at radius 1 is 1.17 bits per heavy atom. The molecule has 0 saturated heterocycles. The van der Waals surface area contributed by atoms with Crippen LogP contribution in [0.2, 0.25) is 5.02 Å². The molecule has 7 heteroatoms. The van der Waals surface area contributed by atoms with E-state index in [9.17, 15) is 23.1 Å². The van der Waals surface area contributed by atoms with Crippen LogP contribution in [0.3, 0.4) is 0 Å². The summed E-state index contributed by atoms with van der Waals surface area (Å²) < 4.78 is 43.4. The lowest BCUT2D eigenvalue weighted by molar-refractivity contribution is -0.145. The number of hydrogen-bond acceptors (Lipinski definition) is 2. The second-order valence-electron chi connectivity index (χ2n) is 4.80. The van der Waals surface area contributed by atoms with Crippen LogP contribution in [0, 0.1) is 0 Å². The molecule has 0 aliphatic carbocycles. The number of carboxylic acid groups (broad SMARTS) is 1. The summed E-state index contributed by atoms with van der Waals surface area (Å²) in [5.41, 5.74) is -0.615. The fraction of sp³-hybridized carbons (Fsp3) is 0.188. The molecule has 2 aromatic rings. The van der Waals surface area contributed by atoms with Gasteiger partial charge in [0.05, 0.1) is 5.56 Å². The molecule has 0 spiro atoms. The summed E-state index contributed by atoms with van der Waals surface area (Å²) in [5, 5.41) is 9.58. The first-order valence-electron chi connectivity index (χ1n) is 6.57. The summed E-state index contributed by atoms with van der Waals surface area (Å²) >= 11 is 5.79. The number of benzene rings is 2. The average Bonchev–Trinajstić information content (AvgIpc) is 2.46. The molecule has 3 nitrogen and oxygen atoms in total. The molecule has 1 N–H and O–H groups in total. The van der Waals surface area contributed by atoms with E-state index in [1.807, 2.05) is 0 Å². The summed E-state index contributed by atoms with van der Waals surface area (Å²) in [6.07, 6.45) is -6.01. The molecule has 0 amide bonds. The molecule has 0 heterocycles. The Labute approximate surface area is 135 Å². The summed E-state index contributed by atoms with van der Waals surface area (Å²) in [4.78, 5) is 11.3. The van der Waals surface area contributed by atoms with Crippen LogP contribution in [0.5, 0.6) is 5.75 Å². The van der Waals surface area contributed by atoms with E-state index >= 15 is 0 Å². The molecule has 0 radical (unpaired) electrons. The number of rotatable bonds is 5. The van der Waals surface area contributed by atoms with Crippen LogP contribution in [0.25, 0.3) is 0 Å². The Bertz CT molecular complexity index is 701. The van der Waals surface area contributed by atoms with Gasteiger partial charge in [-0.1, -0.05) is 35.9 Å². The van der Waals surface area contributed by atoms with Gasteiger partial charge in [-0.25, -0.2) is 4.79 Å². The zero-order valence-electron chi connectivity index (χ0n) is 11.7. The van der Waals surface area contributed by atoms with Crippen molar-refractivity contribution in [3.05, 3.63) is 64.7 Å². The van der Waals surface area contributed by atoms with E-state index in [0.717, 1.165) is 12.1 Å². The number of ether oxygens (including phenoxy) is 1. The van der Waals surface area contributed by atoms with Crippen molar-refractivity contribution in [1.29, 1.82) is 0 Å². The van der Waals surface area contributed by atoms with Crippen molar-refractivity contribution in [1.82, 2.24) is 0 Å². The lowest BCUT2D eigenvalue weighted by Crippen LogP contribution is -2.29. The first-order chi connectivity index (χ1) is 10.8. The van der Waals surface area contributed by atoms with Crippen molar-refractivity contribution in [3.8, 4) is 5.75 Å². The van der Waals surface area contributed by atoms with Crippen molar-refractivity contribution in [2.75, 3.05) is 0 Å². The van der Waals surface area contributed by atoms with Gasteiger partial charge in [0.1, 0.15) is 5.75 Å². The minimum atomic E-state index is -4.48. The van der Waals surface area contributed by atoms with Gasteiger partial charge < -0.3 is 9.84 Å². The van der Waals surface area contributed by atoms with Crippen molar-refractivity contribution >= 4 is 17.6 Å². The second kappa shape index (κ2) is 6.91. The second-order valence-corrected chi connectivity index (χ2v) is 5.24. The molecule has 1 unspecified atom stereocenters. The molecule has 0 saturated carbocycles. The first kappa shape index (κ1) is 17.1. The molecule has 2 rings (SSSR count). The predicted molar refractivity (Wildman–Crippen MR) is 78.7 cm³/mol. The summed E-state index contributed by atoms with van der Waals surface area (Å²) in [5.74, 6) is -1.04. The molecule has 23 heavy (non-hydrogen) atoms. The fourth-order valence-electron chi connectivity index (χ4n) is 1.97. The molecule has 0 fully saturated rings. The zero-order valence-corrected chi connectivity index (χ0v) is 12.4. The number of carboxylic acids is 1. The van der Waals surface area contributed by atoms with Crippen LogP contribution in [-0.4, -0.2) is 17.2 Å². The lowest BCUT2D eigenvalue weighted by atomic mass is 10.0. The monoisotopic (exact) mass is 344 g/mol. The average molecular weight is 345 g/mol. The van der Waals surface area contributed by atoms with E-state index in [2.05, 4.69) is 0 Å². The van der Waals surface area contributed by atoms with E-state index < -0.39 is 23.8 Å². The van der Waals surface area contributed by atoms with E-state index in [-0.39, 0.29) is 17.7 Å². The Morgan fingerprint density at radius 2 is 1.87 bits per heavy atom. The fourth-order valence-corrected chi connectivity index (χ4v) is 2.15. The number of alkyl halides is 3. The van der Waals surface area contributed by atoms with Crippen LogP contribution in [0.1, 0.15) is 11.1 Å². The third kappa shape index (κ3) is 4.89. The Morgan fingerprint density at radius 3 is 2.48 bits per heavy atom. The van der Waals surface area contributed by atoms with Crippen LogP contribution in [0.4, 0.5) is 13.2 Å². The maximum Gasteiger partial charge on any atom is 0.416 e. The van der Waals surface area contributed by atoms with Crippen LogP contribution < -0.4 is 4.74 Å². The van der Waals surface area contributed by atoms with Crippen molar-refractivity contribution in [2.24, 2.45) is 0 Å². The Hall–Kier alpha value is -2.21. The normalized spacial score (nSPS) is 12.7. The topological polar surface area (TPSA) is 46.5 Å². The third-order valence-electron chi connectivity index (χ3n) is 3.03. The van der Waals surface area contributed by atoms with Crippen LogP contribution >= 0.6 is 11.6 Å². The van der Waals surface area contributed by atoms with E-state index in [0.29, 0.717) is 5.02 Å². The van der Waals surface area contributed by atoms with Gasteiger partial charge in [0.2, 0.25) is 0 Å². The molecule has 0 aromatic heterocycles. The first-order valence-corrected chi connectivity index (χ1v) is 6.94. The van der Waals surface area contributed by atoms with Crippen LogP contribution in [-0.2, 0) is 17.4 Å². The van der Waals surface area contributed by atoms with Crippen molar-refractivity contribution in [3.63, 3.8) is 0 Å². The van der Waals surface area contributed by atoms with Gasteiger partial charge in [-0.2, -0.15) is 13.2 Å². The smallest absolute Gasteiger partial charge is 0.416 e. The number of aliphatic carboxylic acids is 1. The van der Waals surface area contributed by atoms with Gasteiger partial charge in [-0.15, -0.1) is 0 Å². The number of carbonyl (C=O) groups is 1. The van der Waals surface area contributed by atoms with E-state index in [1.54, 1.807) is 12.1 Å². The molecule has 1 atom stereocenters. The minimum absolute atomic E-state index is 0.203. The van der Waals surface area contributed by atoms with E-state index in [4.69, 9.17) is 16.3 Å². The molecular weight excluding hydrogens is 333 g/mol. The summed E-state index contributed by atoms with van der Waals surface area (Å²) in [6, 6.07) is 10.6. The number of hydrogen-bond donors (Lipinski definition) is 1. The van der Waals surface area contributed by atoms with Gasteiger partial charge in [0, 0.05) is 11.4 Å². The highest BCUT2D eigenvalue weighted by atomic mass is 35.5. The maximum absolute atomic E-state index is 12.7. The van der Waals surface area contributed by atoms with E-state index in [1.165, 1.54) is 24.3 Å². The Kier molecular flexibility index (Phi) is 5.15. The zero-order chi connectivity index (χ0) is 17.0. The SMILES string of the molecule is O=C(O)C(Cc1cccc(C(F)(F)F)c1)Oc1cccc(Cl)c1. The largest absolute Gasteiger partial charge is 0.478 e. The number of halogens is 4. The van der Waals surface area contributed by atoms with Crippen molar-refractivity contribution in [2.45, 2.75) is 18.7 Å². The standard InChI is InChI=1S/C16H12ClF3O3/c17-12-5-2-6-13(9-12)23-14(15(21)22)8-10-3-1-4-11(7-10)16(18,19)20/h1-7,9,14H,8H2,(H,21,22). The molecule has 0 bridgehead atoms. The quantitative estimate of drug-likeness (QED) is 0.872. The highest BCUT2D eigenvalue weighted by Crippen LogP contribution is 2.30. The molecule has 122 valence electrons. The van der Waals surface area contributed by atoms with Gasteiger partial charge >= 0.3 is 12.1 Å². The van der Waals surface area contributed by atoms with Crippen LogP contribution in [0.15, 0.2) is 48.5 Å². The minimum Gasteiger partial charge on any atom is -0.478 e. The lowest BCUT2D eigenvalue weighted by Gasteiger charge is -2.16. The van der Waals surface area contributed by atoms with Gasteiger partial charge in [0.25, 0.3) is 0 Å². The predicted octanol–water partition coefficient (Wildman–Crippen LogP) is 4.43. The Balaban J connectivity index is 2.18. The third-order valence-corrected chi connectivity index (χ3v) is 3.26. The maximum atomic E-state index is 12.7.